The molecular formula is C21H28N2O2S. The molecular weight excluding hydrogens is 344 g/mol. The van der Waals surface area contributed by atoms with Crippen LogP contribution in [0.1, 0.15) is 31.1 Å². The van der Waals surface area contributed by atoms with Gasteiger partial charge in [-0.15, -0.1) is 11.3 Å². The number of ether oxygens (including phenoxy) is 1. The molecule has 0 bridgehead atoms. The van der Waals surface area contributed by atoms with E-state index in [1.807, 2.05) is 53.5 Å². The summed E-state index contributed by atoms with van der Waals surface area (Å²) in [7, 11) is 1.74. The Bertz CT molecular complexity index is 679. The summed E-state index contributed by atoms with van der Waals surface area (Å²) in [4.78, 5) is 18.6. The number of hydrogen-bond acceptors (Lipinski definition) is 4. The maximum Gasteiger partial charge on any atom is 0.229 e. The molecule has 140 valence electrons. The molecule has 26 heavy (non-hydrogen) atoms. The van der Waals surface area contributed by atoms with Crippen LogP contribution in [0.3, 0.4) is 0 Å². The summed E-state index contributed by atoms with van der Waals surface area (Å²) in [5.74, 6) is 0.116. The lowest BCUT2D eigenvalue weighted by Crippen LogP contribution is -2.59. The number of para-hydroxylation sites is 1. The first kappa shape index (κ1) is 19.1. The van der Waals surface area contributed by atoms with Gasteiger partial charge in [0, 0.05) is 56.6 Å². The molecule has 0 N–H and O–H groups in total. The SMILES string of the molecule is CCC(=O)N(c1ccccc1)C1(OC)CCN(CCc2cccs2)CC1. The van der Waals surface area contributed by atoms with E-state index < -0.39 is 5.72 Å². The third kappa shape index (κ3) is 4.17. The zero-order valence-corrected chi connectivity index (χ0v) is 16.5. The van der Waals surface area contributed by atoms with Crippen molar-refractivity contribution in [3.05, 3.63) is 52.7 Å². The molecule has 2 heterocycles. The number of likely N-dealkylation sites (tertiary alicyclic amines) is 1. The van der Waals surface area contributed by atoms with Crippen LogP contribution in [0.25, 0.3) is 0 Å². The van der Waals surface area contributed by atoms with Crippen LogP contribution in [0.5, 0.6) is 0 Å². The molecule has 0 radical (unpaired) electrons. The molecule has 5 heteroatoms. The Morgan fingerprint density at radius 2 is 1.92 bits per heavy atom. The first-order valence-electron chi connectivity index (χ1n) is 9.36. The van der Waals surface area contributed by atoms with E-state index in [1.165, 1.54) is 4.88 Å². The summed E-state index contributed by atoms with van der Waals surface area (Å²) in [5.41, 5.74) is 0.377. The van der Waals surface area contributed by atoms with E-state index in [4.69, 9.17) is 4.74 Å². The highest BCUT2D eigenvalue weighted by atomic mass is 32.1. The minimum atomic E-state index is -0.548. The number of carbonyl (C=O) groups is 1. The van der Waals surface area contributed by atoms with Gasteiger partial charge in [0.05, 0.1) is 0 Å². The molecule has 0 atom stereocenters. The van der Waals surface area contributed by atoms with Crippen molar-refractivity contribution in [3.8, 4) is 0 Å². The highest BCUT2D eigenvalue weighted by molar-refractivity contribution is 7.09. The third-order valence-corrected chi connectivity index (χ3v) is 6.18. The Hall–Kier alpha value is -1.69. The number of nitrogens with zero attached hydrogens (tertiary/aromatic N) is 2. The number of thiophene rings is 1. The van der Waals surface area contributed by atoms with Gasteiger partial charge in [-0.05, 0) is 30.0 Å². The summed E-state index contributed by atoms with van der Waals surface area (Å²) in [6, 6.07) is 14.2. The fourth-order valence-electron chi connectivity index (χ4n) is 3.71. The zero-order chi connectivity index (χ0) is 18.4. The number of amides is 1. The molecule has 1 fully saturated rings. The van der Waals surface area contributed by atoms with E-state index in [0.29, 0.717) is 6.42 Å². The number of carbonyl (C=O) groups excluding carboxylic acids is 1. The van der Waals surface area contributed by atoms with Crippen LogP contribution < -0.4 is 4.90 Å². The van der Waals surface area contributed by atoms with Gasteiger partial charge in [-0.25, -0.2) is 0 Å². The van der Waals surface area contributed by atoms with Gasteiger partial charge in [0.25, 0.3) is 0 Å². The lowest BCUT2D eigenvalue weighted by molar-refractivity contribution is -0.128. The van der Waals surface area contributed by atoms with Crippen LogP contribution >= 0.6 is 11.3 Å². The maximum absolute atomic E-state index is 12.8. The van der Waals surface area contributed by atoms with Gasteiger partial charge in [0.15, 0.2) is 0 Å². The number of rotatable bonds is 7. The first-order valence-corrected chi connectivity index (χ1v) is 10.2. The molecule has 2 aromatic rings. The minimum absolute atomic E-state index is 0.116. The van der Waals surface area contributed by atoms with E-state index in [9.17, 15) is 4.79 Å². The zero-order valence-electron chi connectivity index (χ0n) is 15.7. The quantitative estimate of drug-likeness (QED) is 0.684. The molecule has 1 saturated heterocycles. The van der Waals surface area contributed by atoms with Crippen molar-refractivity contribution in [3.63, 3.8) is 0 Å². The van der Waals surface area contributed by atoms with Crippen LogP contribution in [0.15, 0.2) is 47.8 Å². The van der Waals surface area contributed by atoms with Gasteiger partial charge in [0.2, 0.25) is 5.91 Å². The molecule has 0 aliphatic carbocycles. The molecule has 3 rings (SSSR count). The van der Waals surface area contributed by atoms with Crippen molar-refractivity contribution in [2.24, 2.45) is 0 Å². The molecule has 1 amide bonds. The average Bonchev–Trinajstić information content (AvgIpc) is 3.22. The predicted molar refractivity (Wildman–Crippen MR) is 108 cm³/mol. The van der Waals surface area contributed by atoms with Crippen LogP contribution in [0, 0.1) is 0 Å². The van der Waals surface area contributed by atoms with Crippen molar-refractivity contribution < 1.29 is 9.53 Å². The molecule has 1 aromatic heterocycles. The Morgan fingerprint density at radius 1 is 1.19 bits per heavy atom. The second-order valence-electron chi connectivity index (χ2n) is 6.74. The third-order valence-electron chi connectivity index (χ3n) is 5.25. The molecule has 4 nitrogen and oxygen atoms in total. The van der Waals surface area contributed by atoms with E-state index in [-0.39, 0.29) is 5.91 Å². The van der Waals surface area contributed by atoms with Crippen molar-refractivity contribution in [2.75, 3.05) is 31.6 Å². The van der Waals surface area contributed by atoms with Crippen LogP contribution in [-0.2, 0) is 16.0 Å². The minimum Gasteiger partial charge on any atom is -0.358 e. The fourth-order valence-corrected chi connectivity index (χ4v) is 4.41. The van der Waals surface area contributed by atoms with Crippen LogP contribution in [-0.4, -0.2) is 43.3 Å². The van der Waals surface area contributed by atoms with Gasteiger partial charge >= 0.3 is 0 Å². The van der Waals surface area contributed by atoms with Gasteiger partial charge < -0.3 is 9.64 Å². The van der Waals surface area contributed by atoms with Crippen molar-refractivity contribution >= 4 is 22.9 Å². The van der Waals surface area contributed by atoms with Crippen LogP contribution in [0.2, 0.25) is 0 Å². The monoisotopic (exact) mass is 372 g/mol. The van der Waals surface area contributed by atoms with E-state index in [0.717, 1.165) is 44.6 Å². The van der Waals surface area contributed by atoms with Gasteiger partial charge in [-0.1, -0.05) is 31.2 Å². The molecule has 1 aromatic carbocycles. The summed E-state index contributed by atoms with van der Waals surface area (Å²) >= 11 is 1.82. The standard InChI is InChI=1S/C21H28N2O2S/c1-3-20(24)23(18-8-5-4-6-9-18)21(25-2)12-15-22(16-13-21)14-11-19-10-7-17-26-19/h4-10,17H,3,11-16H2,1-2H3. The lowest BCUT2D eigenvalue weighted by atomic mass is 9.96. The number of piperidine rings is 1. The second kappa shape index (κ2) is 8.80. The smallest absolute Gasteiger partial charge is 0.229 e. The first-order chi connectivity index (χ1) is 12.7. The van der Waals surface area contributed by atoms with Gasteiger partial charge in [-0.2, -0.15) is 0 Å². The molecule has 1 aliphatic heterocycles. The molecule has 0 spiro atoms. The molecule has 0 saturated carbocycles. The Balaban J connectivity index is 1.70. The Morgan fingerprint density at radius 3 is 2.50 bits per heavy atom. The number of benzene rings is 1. The largest absolute Gasteiger partial charge is 0.358 e. The topological polar surface area (TPSA) is 32.8 Å². The highest BCUT2D eigenvalue weighted by Gasteiger charge is 2.42. The van der Waals surface area contributed by atoms with Crippen molar-refractivity contribution in [1.29, 1.82) is 0 Å². The van der Waals surface area contributed by atoms with Gasteiger partial charge in [0.1, 0.15) is 5.72 Å². The highest BCUT2D eigenvalue weighted by Crippen LogP contribution is 2.34. The van der Waals surface area contributed by atoms with E-state index in [1.54, 1.807) is 7.11 Å². The summed E-state index contributed by atoms with van der Waals surface area (Å²) < 4.78 is 6.00. The molecule has 1 aliphatic rings. The molecule has 0 unspecified atom stereocenters. The van der Waals surface area contributed by atoms with Crippen molar-refractivity contribution in [2.45, 2.75) is 38.3 Å². The van der Waals surface area contributed by atoms with Crippen molar-refractivity contribution in [1.82, 2.24) is 4.90 Å². The summed E-state index contributed by atoms with van der Waals surface area (Å²) in [6.07, 6.45) is 3.22. The predicted octanol–water partition coefficient (Wildman–Crippen LogP) is 4.17. The summed E-state index contributed by atoms with van der Waals surface area (Å²) in [5, 5.41) is 2.13. The average molecular weight is 373 g/mol. The summed E-state index contributed by atoms with van der Waals surface area (Å²) in [6.45, 7) is 4.87. The maximum atomic E-state index is 12.8. The second-order valence-corrected chi connectivity index (χ2v) is 7.77. The lowest BCUT2D eigenvalue weighted by Gasteiger charge is -2.47. The number of hydrogen-bond donors (Lipinski definition) is 0. The number of methoxy groups -OCH3 is 1. The van der Waals surface area contributed by atoms with E-state index >= 15 is 0 Å². The number of anilines is 1. The van der Waals surface area contributed by atoms with E-state index in [2.05, 4.69) is 22.4 Å². The van der Waals surface area contributed by atoms with Crippen LogP contribution in [0.4, 0.5) is 5.69 Å². The Kier molecular flexibility index (Phi) is 6.46. The Labute approximate surface area is 160 Å². The fraction of sp³-hybridized carbons (Fsp3) is 0.476. The normalized spacial score (nSPS) is 17.2. The van der Waals surface area contributed by atoms with Gasteiger partial charge in [-0.3, -0.25) is 9.69 Å².